The lowest BCUT2D eigenvalue weighted by Crippen LogP contribution is -2.34. The molecule has 0 aliphatic heterocycles. The molecule has 0 fully saturated rings. The number of carbonyl (C=O) groups excluding carboxylic acids is 2. The standard InChI is InChI=1S/C30H28F3N7O2/c1-19-15-24(30(31,32)33)17-25(16-19)34-29(42)40(26-13-11-22(12-14-26)21-5-3-2-4-6-21)18-20-7-9-23(10-8-20)27(41)35-28-36-38-39-37-28/h5,7-17H,2-4,6,18H2,1H3,(H,34,42)(H2,35,36,37,38,39,41). The number of urea groups is 1. The molecule has 0 bridgehead atoms. The summed E-state index contributed by atoms with van der Waals surface area (Å²) >= 11 is 0. The van der Waals surface area contributed by atoms with E-state index in [1.54, 1.807) is 24.3 Å². The number of aromatic nitrogens is 4. The second-order valence-electron chi connectivity index (χ2n) is 10.0. The van der Waals surface area contributed by atoms with Crippen molar-refractivity contribution in [2.75, 3.05) is 15.5 Å². The minimum absolute atomic E-state index is 0.0317. The molecule has 0 atom stereocenters. The molecule has 0 spiro atoms. The largest absolute Gasteiger partial charge is 0.416 e. The predicted octanol–water partition coefficient (Wildman–Crippen LogP) is 6.98. The first-order valence-corrected chi connectivity index (χ1v) is 13.4. The van der Waals surface area contributed by atoms with Crippen molar-refractivity contribution in [3.63, 3.8) is 0 Å². The van der Waals surface area contributed by atoms with Crippen LogP contribution in [-0.2, 0) is 12.7 Å². The molecule has 0 unspecified atom stereocenters. The maximum atomic E-state index is 13.6. The second-order valence-corrected chi connectivity index (χ2v) is 10.0. The molecular formula is C30H28F3N7O2. The molecule has 3 aromatic carbocycles. The number of tetrazole rings is 1. The van der Waals surface area contributed by atoms with Crippen LogP contribution in [0.1, 0.15) is 58.3 Å². The molecular weight excluding hydrogens is 547 g/mol. The molecule has 12 heteroatoms. The van der Waals surface area contributed by atoms with Crippen molar-refractivity contribution in [1.82, 2.24) is 20.6 Å². The van der Waals surface area contributed by atoms with Crippen molar-refractivity contribution < 1.29 is 22.8 Å². The number of hydrogen-bond acceptors (Lipinski definition) is 5. The number of aryl methyl sites for hydroxylation is 1. The van der Waals surface area contributed by atoms with Crippen molar-refractivity contribution in [3.8, 4) is 0 Å². The fourth-order valence-corrected chi connectivity index (χ4v) is 4.78. The van der Waals surface area contributed by atoms with E-state index in [1.165, 1.54) is 29.9 Å². The summed E-state index contributed by atoms with van der Waals surface area (Å²) in [7, 11) is 0. The number of H-pyrrole nitrogens is 1. The Morgan fingerprint density at radius 2 is 1.74 bits per heavy atom. The van der Waals surface area contributed by atoms with E-state index in [9.17, 15) is 22.8 Å². The second kappa shape index (κ2) is 12.2. The summed E-state index contributed by atoms with van der Waals surface area (Å²) in [6, 6.07) is 17.0. The summed E-state index contributed by atoms with van der Waals surface area (Å²) in [5.74, 6) is -0.408. The van der Waals surface area contributed by atoms with Gasteiger partial charge in [0.25, 0.3) is 11.9 Å². The number of halogens is 3. The van der Waals surface area contributed by atoms with E-state index in [0.29, 0.717) is 22.4 Å². The molecule has 42 heavy (non-hydrogen) atoms. The normalized spacial score (nSPS) is 13.3. The third-order valence-corrected chi connectivity index (χ3v) is 6.87. The smallest absolute Gasteiger partial charge is 0.308 e. The van der Waals surface area contributed by atoms with Crippen LogP contribution in [0.4, 0.5) is 35.3 Å². The van der Waals surface area contributed by atoms with E-state index in [1.807, 2.05) is 24.3 Å². The van der Waals surface area contributed by atoms with Gasteiger partial charge in [0.2, 0.25) is 0 Å². The Bertz CT molecular complexity index is 1580. The number of benzene rings is 3. The maximum Gasteiger partial charge on any atom is 0.416 e. The van der Waals surface area contributed by atoms with Crippen LogP contribution >= 0.6 is 0 Å². The van der Waals surface area contributed by atoms with E-state index in [-0.39, 0.29) is 18.2 Å². The van der Waals surface area contributed by atoms with Gasteiger partial charge in [-0.05, 0) is 103 Å². The zero-order valence-corrected chi connectivity index (χ0v) is 22.7. The van der Waals surface area contributed by atoms with Crippen LogP contribution in [0.2, 0.25) is 0 Å². The summed E-state index contributed by atoms with van der Waals surface area (Å²) in [5.41, 5.74) is 3.49. The molecule has 1 aliphatic carbocycles. The lowest BCUT2D eigenvalue weighted by Gasteiger charge is -2.24. The monoisotopic (exact) mass is 575 g/mol. The highest BCUT2D eigenvalue weighted by atomic mass is 19.4. The summed E-state index contributed by atoms with van der Waals surface area (Å²) in [4.78, 5) is 27.5. The van der Waals surface area contributed by atoms with Gasteiger partial charge in [0.05, 0.1) is 12.1 Å². The Kier molecular flexibility index (Phi) is 8.32. The SMILES string of the molecule is Cc1cc(NC(=O)N(Cc2ccc(C(=O)Nc3nn[nH]n3)cc2)c2ccc(C3=CCCCC3)cc2)cc(C(F)(F)F)c1. The van der Waals surface area contributed by atoms with E-state index in [4.69, 9.17) is 0 Å². The van der Waals surface area contributed by atoms with Gasteiger partial charge < -0.3 is 5.32 Å². The number of anilines is 3. The summed E-state index contributed by atoms with van der Waals surface area (Å²) in [5, 5.41) is 18.2. The van der Waals surface area contributed by atoms with Crippen molar-refractivity contribution >= 4 is 34.8 Å². The number of carbonyl (C=O) groups is 2. The summed E-state index contributed by atoms with van der Waals surface area (Å²) in [6.07, 6.45) is 2.00. The number of aromatic amines is 1. The molecule has 0 radical (unpaired) electrons. The first-order valence-electron chi connectivity index (χ1n) is 13.4. The van der Waals surface area contributed by atoms with Crippen LogP contribution in [0.5, 0.6) is 0 Å². The van der Waals surface area contributed by atoms with E-state index in [0.717, 1.165) is 37.0 Å². The molecule has 0 saturated carbocycles. The summed E-state index contributed by atoms with van der Waals surface area (Å²) in [6.45, 7) is 1.64. The van der Waals surface area contributed by atoms with Gasteiger partial charge in [0.1, 0.15) is 0 Å². The molecule has 4 aromatic rings. The fourth-order valence-electron chi connectivity index (χ4n) is 4.78. The zero-order chi connectivity index (χ0) is 29.7. The van der Waals surface area contributed by atoms with Crippen molar-refractivity contribution in [1.29, 1.82) is 0 Å². The van der Waals surface area contributed by atoms with Gasteiger partial charge >= 0.3 is 12.2 Å². The number of hydrogen-bond donors (Lipinski definition) is 3. The lowest BCUT2D eigenvalue weighted by molar-refractivity contribution is -0.137. The molecule has 1 aromatic heterocycles. The van der Waals surface area contributed by atoms with Crippen LogP contribution in [0.15, 0.2) is 72.8 Å². The topological polar surface area (TPSA) is 116 Å². The van der Waals surface area contributed by atoms with E-state index in [2.05, 4.69) is 37.3 Å². The number of alkyl halides is 3. The van der Waals surface area contributed by atoms with Gasteiger partial charge in [-0.1, -0.05) is 35.4 Å². The fraction of sp³-hybridized carbons (Fsp3) is 0.233. The first-order chi connectivity index (χ1) is 20.2. The van der Waals surface area contributed by atoms with Gasteiger partial charge in [-0.2, -0.15) is 18.4 Å². The predicted molar refractivity (Wildman–Crippen MR) is 153 cm³/mol. The molecule has 216 valence electrons. The van der Waals surface area contributed by atoms with Crippen molar-refractivity contribution in [3.05, 3.63) is 101 Å². The van der Waals surface area contributed by atoms with E-state index >= 15 is 0 Å². The Labute approximate surface area is 239 Å². The molecule has 1 aliphatic rings. The summed E-state index contributed by atoms with van der Waals surface area (Å²) < 4.78 is 40.2. The minimum atomic E-state index is -4.55. The maximum absolute atomic E-state index is 13.6. The highest BCUT2D eigenvalue weighted by molar-refractivity contribution is 6.03. The molecule has 5 rings (SSSR count). The van der Waals surface area contributed by atoms with Gasteiger partial charge in [0, 0.05) is 16.9 Å². The van der Waals surface area contributed by atoms with Crippen LogP contribution in [0.3, 0.4) is 0 Å². The number of nitrogens with zero attached hydrogens (tertiary/aromatic N) is 4. The Hall–Kier alpha value is -5.00. The molecule has 3 amide bonds. The quantitative estimate of drug-likeness (QED) is 0.220. The highest BCUT2D eigenvalue weighted by Crippen LogP contribution is 2.33. The average molecular weight is 576 g/mol. The number of amides is 3. The lowest BCUT2D eigenvalue weighted by atomic mass is 9.93. The first kappa shape index (κ1) is 28.5. The van der Waals surface area contributed by atoms with Crippen LogP contribution in [0.25, 0.3) is 5.57 Å². The number of rotatable bonds is 7. The minimum Gasteiger partial charge on any atom is -0.308 e. The van der Waals surface area contributed by atoms with Gasteiger partial charge in [-0.15, -0.1) is 5.10 Å². The molecule has 9 nitrogen and oxygen atoms in total. The Morgan fingerprint density at radius 1 is 0.976 bits per heavy atom. The molecule has 0 saturated heterocycles. The zero-order valence-electron chi connectivity index (χ0n) is 22.7. The average Bonchev–Trinajstić information content (AvgIpc) is 3.49. The Balaban J connectivity index is 1.39. The molecule has 3 N–H and O–H groups in total. The van der Waals surface area contributed by atoms with Crippen molar-refractivity contribution in [2.24, 2.45) is 0 Å². The van der Waals surface area contributed by atoms with Gasteiger partial charge in [0.15, 0.2) is 0 Å². The van der Waals surface area contributed by atoms with Gasteiger partial charge in [-0.25, -0.2) is 4.79 Å². The van der Waals surface area contributed by atoms with Crippen LogP contribution < -0.4 is 15.5 Å². The van der Waals surface area contributed by atoms with Crippen LogP contribution in [-0.4, -0.2) is 32.6 Å². The highest BCUT2D eigenvalue weighted by Gasteiger charge is 2.31. The van der Waals surface area contributed by atoms with Crippen LogP contribution in [0, 0.1) is 6.92 Å². The third-order valence-electron chi connectivity index (χ3n) is 6.87. The Morgan fingerprint density at radius 3 is 2.38 bits per heavy atom. The number of nitrogens with one attached hydrogen (secondary N) is 3. The van der Waals surface area contributed by atoms with Gasteiger partial charge in [-0.3, -0.25) is 15.0 Å². The molecule has 1 heterocycles. The third kappa shape index (κ3) is 7.00. The van der Waals surface area contributed by atoms with Crippen molar-refractivity contribution in [2.45, 2.75) is 45.3 Å². The van der Waals surface area contributed by atoms with E-state index < -0.39 is 23.7 Å². The number of allylic oxidation sites excluding steroid dienone is 2.